The molecule has 1 fully saturated rings. The zero-order valence-corrected chi connectivity index (χ0v) is 14.8. The molecule has 2 aromatic carbocycles. The van der Waals surface area contributed by atoms with Gasteiger partial charge in [-0.15, -0.1) is 0 Å². The number of amides is 1. The smallest absolute Gasteiger partial charge is 0.232 e. The Balaban J connectivity index is 1.47. The minimum atomic E-state index is -0.495. The Kier molecular flexibility index (Phi) is 4.61. The number of likely N-dealkylation sites (tertiary alicyclic amines) is 1. The van der Waals surface area contributed by atoms with Crippen molar-refractivity contribution in [2.75, 3.05) is 6.54 Å². The summed E-state index contributed by atoms with van der Waals surface area (Å²) < 4.78 is 31.6. The molecule has 0 spiro atoms. The maximum absolute atomic E-state index is 13.3. The van der Waals surface area contributed by atoms with Gasteiger partial charge in [0.15, 0.2) is 0 Å². The first kappa shape index (κ1) is 17.6. The summed E-state index contributed by atoms with van der Waals surface area (Å²) in [4.78, 5) is 18.3. The van der Waals surface area contributed by atoms with Crippen molar-refractivity contribution in [1.82, 2.24) is 15.0 Å². The highest BCUT2D eigenvalue weighted by atomic mass is 35.5. The molecule has 0 aliphatic carbocycles. The maximum atomic E-state index is 13.3. The van der Waals surface area contributed by atoms with Gasteiger partial charge in [-0.1, -0.05) is 22.8 Å². The van der Waals surface area contributed by atoms with Gasteiger partial charge >= 0.3 is 0 Å². The minimum absolute atomic E-state index is 0.0246. The van der Waals surface area contributed by atoms with Crippen LogP contribution in [0.3, 0.4) is 0 Å². The van der Waals surface area contributed by atoms with Crippen molar-refractivity contribution in [2.45, 2.75) is 18.9 Å². The molecule has 1 unspecified atom stereocenters. The van der Waals surface area contributed by atoms with Gasteiger partial charge in [-0.2, -0.15) is 4.98 Å². The summed E-state index contributed by atoms with van der Waals surface area (Å²) in [7, 11) is 0. The standard InChI is InChI=1S/C19H14ClF2N3O2/c20-15-7-11(1-6-16(15)22)9-25-10-13(8-17(25)26)19-23-18(24-27-19)12-2-4-14(21)5-3-12/h1-7,13H,8-10H2. The average Bonchev–Trinajstić information content (AvgIpc) is 3.26. The highest BCUT2D eigenvalue weighted by Crippen LogP contribution is 2.30. The number of rotatable bonds is 4. The van der Waals surface area contributed by atoms with E-state index in [1.807, 2.05) is 0 Å². The first-order valence-electron chi connectivity index (χ1n) is 8.31. The van der Waals surface area contributed by atoms with Gasteiger partial charge in [-0.25, -0.2) is 8.78 Å². The van der Waals surface area contributed by atoms with Crippen LogP contribution in [0.1, 0.15) is 23.8 Å². The minimum Gasteiger partial charge on any atom is -0.339 e. The summed E-state index contributed by atoms with van der Waals surface area (Å²) >= 11 is 5.80. The molecule has 138 valence electrons. The number of hydrogen-bond donors (Lipinski definition) is 0. The molecule has 1 amide bonds. The van der Waals surface area contributed by atoms with E-state index in [0.29, 0.717) is 30.4 Å². The third-order valence-corrected chi connectivity index (χ3v) is 4.75. The lowest BCUT2D eigenvalue weighted by molar-refractivity contribution is -0.128. The van der Waals surface area contributed by atoms with Crippen LogP contribution in [-0.4, -0.2) is 27.5 Å². The van der Waals surface area contributed by atoms with Crippen molar-refractivity contribution in [2.24, 2.45) is 0 Å². The molecule has 0 bridgehead atoms. The molecule has 1 atom stereocenters. The Morgan fingerprint density at radius 2 is 1.96 bits per heavy atom. The molecule has 2 heterocycles. The molecule has 0 N–H and O–H groups in total. The summed E-state index contributed by atoms with van der Waals surface area (Å²) in [5.41, 5.74) is 1.38. The summed E-state index contributed by atoms with van der Waals surface area (Å²) in [6, 6.07) is 10.2. The largest absolute Gasteiger partial charge is 0.339 e. The van der Waals surface area contributed by atoms with Crippen molar-refractivity contribution < 1.29 is 18.1 Å². The fraction of sp³-hybridized carbons (Fsp3) is 0.211. The van der Waals surface area contributed by atoms with Crippen LogP contribution < -0.4 is 0 Å². The molecular formula is C19H14ClF2N3O2. The van der Waals surface area contributed by atoms with Crippen molar-refractivity contribution in [1.29, 1.82) is 0 Å². The van der Waals surface area contributed by atoms with Gasteiger partial charge in [-0.3, -0.25) is 4.79 Å². The number of nitrogens with zero attached hydrogens (tertiary/aromatic N) is 3. The second kappa shape index (κ2) is 7.08. The van der Waals surface area contributed by atoms with E-state index in [1.165, 1.54) is 24.3 Å². The predicted molar refractivity (Wildman–Crippen MR) is 93.9 cm³/mol. The molecule has 1 aliphatic rings. The summed E-state index contributed by atoms with van der Waals surface area (Å²) in [5, 5.41) is 3.94. The Bertz CT molecular complexity index is 991. The van der Waals surface area contributed by atoms with E-state index in [4.69, 9.17) is 16.1 Å². The monoisotopic (exact) mass is 389 g/mol. The zero-order valence-electron chi connectivity index (χ0n) is 14.0. The third kappa shape index (κ3) is 3.68. The van der Waals surface area contributed by atoms with Gasteiger partial charge < -0.3 is 9.42 Å². The van der Waals surface area contributed by atoms with Crippen LogP contribution in [0.25, 0.3) is 11.4 Å². The van der Waals surface area contributed by atoms with E-state index < -0.39 is 5.82 Å². The van der Waals surface area contributed by atoms with Crippen LogP contribution >= 0.6 is 11.6 Å². The first-order chi connectivity index (χ1) is 13.0. The third-order valence-electron chi connectivity index (χ3n) is 4.47. The summed E-state index contributed by atoms with van der Waals surface area (Å²) in [6.07, 6.45) is 0.250. The predicted octanol–water partition coefficient (Wildman–Crippen LogP) is 4.18. The molecule has 3 aromatic rings. The van der Waals surface area contributed by atoms with E-state index in [-0.39, 0.29) is 29.1 Å². The second-order valence-electron chi connectivity index (χ2n) is 6.39. The molecule has 27 heavy (non-hydrogen) atoms. The van der Waals surface area contributed by atoms with Crippen LogP contribution in [0, 0.1) is 11.6 Å². The fourth-order valence-electron chi connectivity index (χ4n) is 3.07. The van der Waals surface area contributed by atoms with Crippen molar-refractivity contribution in [3.8, 4) is 11.4 Å². The van der Waals surface area contributed by atoms with E-state index in [1.54, 1.807) is 23.1 Å². The molecule has 4 rings (SSSR count). The zero-order chi connectivity index (χ0) is 19.0. The fourth-order valence-corrected chi connectivity index (χ4v) is 3.27. The molecule has 0 saturated carbocycles. The lowest BCUT2D eigenvalue weighted by atomic mass is 10.1. The molecule has 8 heteroatoms. The Morgan fingerprint density at radius 1 is 1.19 bits per heavy atom. The molecule has 5 nitrogen and oxygen atoms in total. The number of carbonyl (C=O) groups excluding carboxylic acids is 1. The molecule has 1 aliphatic heterocycles. The highest BCUT2D eigenvalue weighted by molar-refractivity contribution is 6.30. The van der Waals surface area contributed by atoms with E-state index in [0.717, 1.165) is 5.56 Å². The molecular weight excluding hydrogens is 376 g/mol. The van der Waals surface area contributed by atoms with Crippen molar-refractivity contribution in [3.05, 3.63) is 70.6 Å². The number of halogens is 3. The van der Waals surface area contributed by atoms with Crippen molar-refractivity contribution >= 4 is 17.5 Å². The van der Waals surface area contributed by atoms with Gasteiger partial charge in [0.1, 0.15) is 11.6 Å². The number of benzene rings is 2. The van der Waals surface area contributed by atoms with E-state index in [9.17, 15) is 13.6 Å². The lowest BCUT2D eigenvalue weighted by Crippen LogP contribution is -2.24. The Morgan fingerprint density at radius 3 is 2.70 bits per heavy atom. The summed E-state index contributed by atoms with van der Waals surface area (Å²) in [5.74, 6) is -0.411. The highest BCUT2D eigenvalue weighted by Gasteiger charge is 2.34. The second-order valence-corrected chi connectivity index (χ2v) is 6.79. The van der Waals surface area contributed by atoms with E-state index >= 15 is 0 Å². The van der Waals surface area contributed by atoms with Crippen LogP contribution in [-0.2, 0) is 11.3 Å². The topological polar surface area (TPSA) is 59.2 Å². The van der Waals surface area contributed by atoms with Gasteiger partial charge in [0.2, 0.25) is 17.6 Å². The molecule has 1 aromatic heterocycles. The van der Waals surface area contributed by atoms with Crippen LogP contribution in [0.4, 0.5) is 8.78 Å². The van der Waals surface area contributed by atoms with Crippen LogP contribution in [0.2, 0.25) is 5.02 Å². The Labute approximate surface area is 158 Å². The normalized spacial score (nSPS) is 16.9. The van der Waals surface area contributed by atoms with Gasteiger partial charge in [0, 0.05) is 25.1 Å². The number of aromatic nitrogens is 2. The number of carbonyl (C=O) groups is 1. The lowest BCUT2D eigenvalue weighted by Gasteiger charge is -2.16. The molecule has 1 saturated heterocycles. The molecule has 0 radical (unpaired) electrons. The maximum Gasteiger partial charge on any atom is 0.232 e. The van der Waals surface area contributed by atoms with Crippen molar-refractivity contribution in [3.63, 3.8) is 0 Å². The first-order valence-corrected chi connectivity index (χ1v) is 8.68. The van der Waals surface area contributed by atoms with Crippen LogP contribution in [0.15, 0.2) is 47.0 Å². The average molecular weight is 390 g/mol. The SMILES string of the molecule is O=C1CC(c2nc(-c3ccc(F)cc3)no2)CN1Cc1ccc(F)c(Cl)c1. The van der Waals surface area contributed by atoms with Crippen LogP contribution in [0.5, 0.6) is 0 Å². The quantitative estimate of drug-likeness (QED) is 0.671. The number of hydrogen-bond acceptors (Lipinski definition) is 4. The van der Waals surface area contributed by atoms with Gasteiger partial charge in [-0.05, 0) is 42.0 Å². The van der Waals surface area contributed by atoms with Gasteiger partial charge in [0.05, 0.1) is 10.9 Å². The van der Waals surface area contributed by atoms with Gasteiger partial charge in [0.25, 0.3) is 0 Å². The summed E-state index contributed by atoms with van der Waals surface area (Å²) in [6.45, 7) is 0.743. The van der Waals surface area contributed by atoms with E-state index in [2.05, 4.69) is 10.1 Å². The Hall–Kier alpha value is -2.80.